The van der Waals surface area contributed by atoms with Crippen molar-refractivity contribution in [2.24, 2.45) is 0 Å². The molecule has 2 aromatic carbocycles. The molecule has 9 heteroatoms. The molecule has 0 fully saturated rings. The van der Waals surface area contributed by atoms with Crippen LogP contribution in [0.25, 0.3) is 0 Å². The Morgan fingerprint density at radius 2 is 1.90 bits per heavy atom. The van der Waals surface area contributed by atoms with Gasteiger partial charge in [0.1, 0.15) is 18.9 Å². The van der Waals surface area contributed by atoms with Crippen molar-refractivity contribution in [1.29, 1.82) is 0 Å². The number of nitrogens with zero attached hydrogens (tertiary/aromatic N) is 1. The van der Waals surface area contributed by atoms with Gasteiger partial charge >= 0.3 is 0 Å². The lowest BCUT2D eigenvalue weighted by atomic mass is 9.97. The Labute approximate surface area is 169 Å². The van der Waals surface area contributed by atoms with E-state index in [4.69, 9.17) is 21.1 Å². The van der Waals surface area contributed by atoms with Gasteiger partial charge in [-0.2, -0.15) is 5.10 Å². The molecule has 0 radical (unpaired) electrons. The normalized spacial score (nSPS) is 13.9. The van der Waals surface area contributed by atoms with Gasteiger partial charge in [0.05, 0.1) is 17.8 Å². The number of hydrogen-bond donors (Lipinski definition) is 2. The van der Waals surface area contributed by atoms with E-state index in [1.165, 1.54) is 0 Å². The largest absolute Gasteiger partial charge is 0.486 e. The number of ether oxygens (including phenoxy) is 2. The first-order chi connectivity index (χ1) is 14.0. The Bertz CT molecular complexity index is 1040. The minimum Gasteiger partial charge on any atom is -0.486 e. The number of halogens is 3. The Hall–Kier alpha value is -3.13. The smallest absolute Gasteiger partial charge is 0.280 e. The first kappa shape index (κ1) is 19.2. The van der Waals surface area contributed by atoms with Crippen molar-refractivity contribution >= 4 is 17.5 Å². The van der Waals surface area contributed by atoms with Gasteiger partial charge in [0.15, 0.2) is 11.5 Å². The molecule has 1 unspecified atom stereocenters. The van der Waals surface area contributed by atoms with Gasteiger partial charge in [-0.05, 0) is 29.3 Å². The summed E-state index contributed by atoms with van der Waals surface area (Å²) in [4.78, 5) is 12.8. The molecule has 1 aliphatic heterocycles. The van der Waals surface area contributed by atoms with Crippen molar-refractivity contribution < 1.29 is 23.0 Å². The Morgan fingerprint density at radius 3 is 2.66 bits per heavy atom. The fourth-order valence-corrected chi connectivity index (χ4v) is 3.39. The summed E-state index contributed by atoms with van der Waals surface area (Å²) < 4.78 is 37.5. The van der Waals surface area contributed by atoms with E-state index in [0.29, 0.717) is 40.9 Å². The van der Waals surface area contributed by atoms with Gasteiger partial charge < -0.3 is 14.8 Å². The van der Waals surface area contributed by atoms with E-state index in [2.05, 4.69) is 15.5 Å². The van der Waals surface area contributed by atoms with Crippen LogP contribution in [-0.2, 0) is 0 Å². The van der Waals surface area contributed by atoms with Crippen molar-refractivity contribution in [3.8, 4) is 11.5 Å². The molecular formula is C20H16ClF2N3O3. The highest BCUT2D eigenvalue weighted by Crippen LogP contribution is 2.36. The molecule has 2 heterocycles. The third-order valence-electron chi connectivity index (χ3n) is 4.52. The maximum Gasteiger partial charge on any atom is 0.280 e. The molecule has 3 aromatic rings. The number of nitrogens with one attached hydrogen (secondary N) is 2. The number of carbonyl (C=O) groups is 1. The number of rotatable bonds is 5. The summed E-state index contributed by atoms with van der Waals surface area (Å²) >= 11 is 6.36. The lowest BCUT2D eigenvalue weighted by molar-refractivity contribution is 0.0928. The van der Waals surface area contributed by atoms with E-state index in [0.717, 1.165) is 6.20 Å². The summed E-state index contributed by atoms with van der Waals surface area (Å²) in [7, 11) is 0. The average molecular weight is 420 g/mol. The van der Waals surface area contributed by atoms with Crippen LogP contribution >= 0.6 is 11.6 Å². The molecule has 2 N–H and O–H groups in total. The summed E-state index contributed by atoms with van der Waals surface area (Å²) in [5.74, 6) is 0.435. The molecular weight excluding hydrogens is 404 g/mol. The molecule has 1 aromatic heterocycles. The van der Waals surface area contributed by atoms with Gasteiger partial charge in [-0.3, -0.25) is 9.89 Å². The van der Waals surface area contributed by atoms with Crippen LogP contribution in [0.1, 0.15) is 39.6 Å². The SMILES string of the molecule is O=C(NC(c1ccc2c(c1)OCCO2)c1ccccc1Cl)c1cn[nH]c1C(F)F. The van der Waals surface area contributed by atoms with Gasteiger partial charge in [-0.15, -0.1) is 0 Å². The molecule has 150 valence electrons. The summed E-state index contributed by atoms with van der Waals surface area (Å²) in [5, 5.41) is 8.94. The van der Waals surface area contributed by atoms with Gasteiger partial charge in [-0.25, -0.2) is 8.78 Å². The molecule has 0 saturated carbocycles. The van der Waals surface area contributed by atoms with Gasteiger partial charge in [0.25, 0.3) is 12.3 Å². The summed E-state index contributed by atoms with van der Waals surface area (Å²) in [6, 6.07) is 11.5. The summed E-state index contributed by atoms with van der Waals surface area (Å²) in [6.45, 7) is 0.861. The Morgan fingerprint density at radius 1 is 1.14 bits per heavy atom. The van der Waals surface area contributed by atoms with Gasteiger partial charge in [0.2, 0.25) is 0 Å². The van der Waals surface area contributed by atoms with E-state index in [1.807, 2.05) is 0 Å². The van der Waals surface area contributed by atoms with Crippen LogP contribution in [0.2, 0.25) is 5.02 Å². The lowest BCUT2D eigenvalue weighted by Crippen LogP contribution is -2.30. The van der Waals surface area contributed by atoms with Crippen LogP contribution in [0.3, 0.4) is 0 Å². The number of H-pyrrole nitrogens is 1. The van der Waals surface area contributed by atoms with Crippen molar-refractivity contribution in [2.45, 2.75) is 12.5 Å². The molecule has 0 saturated heterocycles. The highest BCUT2D eigenvalue weighted by molar-refractivity contribution is 6.31. The highest BCUT2D eigenvalue weighted by Gasteiger charge is 2.26. The number of carbonyl (C=O) groups excluding carboxylic acids is 1. The molecule has 0 spiro atoms. The predicted molar refractivity (Wildman–Crippen MR) is 102 cm³/mol. The van der Waals surface area contributed by atoms with Gasteiger partial charge in [-0.1, -0.05) is 35.9 Å². The van der Waals surface area contributed by atoms with E-state index in [-0.39, 0.29) is 5.56 Å². The van der Waals surface area contributed by atoms with Crippen molar-refractivity contribution in [3.63, 3.8) is 0 Å². The van der Waals surface area contributed by atoms with Crippen LogP contribution < -0.4 is 14.8 Å². The molecule has 0 bridgehead atoms. The van der Waals surface area contributed by atoms with Crippen LogP contribution in [0.15, 0.2) is 48.7 Å². The van der Waals surface area contributed by atoms with E-state index < -0.39 is 24.1 Å². The monoisotopic (exact) mass is 419 g/mol. The maximum atomic E-state index is 13.2. The third kappa shape index (κ3) is 3.88. The fraction of sp³-hybridized carbons (Fsp3) is 0.200. The Balaban J connectivity index is 1.72. The zero-order chi connectivity index (χ0) is 20.4. The number of fused-ring (bicyclic) bond motifs is 1. The first-order valence-electron chi connectivity index (χ1n) is 8.81. The maximum absolute atomic E-state index is 13.2. The predicted octanol–water partition coefficient (Wildman–Crippen LogP) is 4.29. The highest BCUT2D eigenvalue weighted by atomic mass is 35.5. The van der Waals surface area contributed by atoms with Crippen molar-refractivity contribution in [2.75, 3.05) is 13.2 Å². The second-order valence-electron chi connectivity index (χ2n) is 6.33. The number of alkyl halides is 2. The minimum atomic E-state index is -2.86. The van der Waals surface area contributed by atoms with E-state index in [9.17, 15) is 13.6 Å². The number of aromatic amines is 1. The quantitative estimate of drug-likeness (QED) is 0.646. The molecule has 29 heavy (non-hydrogen) atoms. The lowest BCUT2D eigenvalue weighted by Gasteiger charge is -2.24. The standard InChI is InChI=1S/C20H16ClF2N3O3/c21-14-4-2-1-3-12(14)17(11-5-6-15-16(9-11)29-8-7-28-15)25-20(27)13-10-24-26-18(13)19(22)23/h1-6,9-10,17,19H,7-8H2,(H,24,26)(H,25,27). The number of aromatic nitrogens is 2. The topological polar surface area (TPSA) is 76.2 Å². The van der Waals surface area contributed by atoms with Gasteiger partial charge in [0, 0.05) is 5.02 Å². The van der Waals surface area contributed by atoms with Crippen LogP contribution in [0.5, 0.6) is 11.5 Å². The summed E-state index contributed by atoms with van der Waals surface area (Å²) in [6.07, 6.45) is -1.78. The second kappa shape index (κ2) is 8.08. The first-order valence-corrected chi connectivity index (χ1v) is 9.18. The second-order valence-corrected chi connectivity index (χ2v) is 6.74. The fourth-order valence-electron chi connectivity index (χ4n) is 3.14. The van der Waals surface area contributed by atoms with Crippen molar-refractivity contribution in [1.82, 2.24) is 15.5 Å². The number of amides is 1. The molecule has 1 amide bonds. The minimum absolute atomic E-state index is 0.227. The molecule has 0 aliphatic carbocycles. The van der Waals surface area contributed by atoms with E-state index >= 15 is 0 Å². The molecule has 1 aliphatic rings. The zero-order valence-corrected chi connectivity index (χ0v) is 15.7. The zero-order valence-electron chi connectivity index (χ0n) is 15.0. The third-order valence-corrected chi connectivity index (χ3v) is 4.87. The Kier molecular flexibility index (Phi) is 5.35. The molecule has 6 nitrogen and oxygen atoms in total. The number of benzene rings is 2. The average Bonchev–Trinajstić information content (AvgIpc) is 3.23. The van der Waals surface area contributed by atoms with Crippen LogP contribution in [0.4, 0.5) is 8.78 Å². The summed E-state index contributed by atoms with van der Waals surface area (Å²) in [5.41, 5.74) is 0.510. The molecule has 1 atom stereocenters. The van der Waals surface area contributed by atoms with Crippen molar-refractivity contribution in [3.05, 3.63) is 76.1 Å². The van der Waals surface area contributed by atoms with Crippen LogP contribution in [-0.4, -0.2) is 29.3 Å². The molecule has 4 rings (SSSR count). The number of hydrogen-bond acceptors (Lipinski definition) is 4. The van der Waals surface area contributed by atoms with Crippen LogP contribution in [0, 0.1) is 0 Å². The van der Waals surface area contributed by atoms with E-state index in [1.54, 1.807) is 42.5 Å².